The Morgan fingerprint density at radius 3 is 2.09 bits per heavy atom. The highest BCUT2D eigenvalue weighted by Crippen LogP contribution is 2.17. The Bertz CT molecular complexity index is 1080. The van der Waals surface area contributed by atoms with Crippen molar-refractivity contribution in [3.63, 3.8) is 0 Å². The molecule has 2 rings (SSSR count). The van der Waals surface area contributed by atoms with E-state index in [9.17, 15) is 22.8 Å². The third kappa shape index (κ3) is 7.40. The van der Waals surface area contributed by atoms with Gasteiger partial charge in [-0.15, -0.1) is 0 Å². The van der Waals surface area contributed by atoms with Gasteiger partial charge in [0, 0.05) is 17.7 Å². The van der Waals surface area contributed by atoms with Crippen molar-refractivity contribution >= 4 is 33.4 Å². The summed E-state index contributed by atoms with van der Waals surface area (Å²) in [7, 11) is -2.54. The lowest BCUT2D eigenvalue weighted by Gasteiger charge is -2.20. The molecule has 0 heterocycles. The number of amides is 1. The first-order valence-corrected chi connectivity index (χ1v) is 11.8. The number of anilines is 1. The summed E-state index contributed by atoms with van der Waals surface area (Å²) in [6.07, 6.45) is 0.329. The van der Waals surface area contributed by atoms with E-state index in [4.69, 9.17) is 9.47 Å². The molecule has 0 unspecified atom stereocenters. The summed E-state index contributed by atoms with van der Waals surface area (Å²) < 4.78 is 37.8. The number of hydrogen-bond acceptors (Lipinski definition) is 7. The summed E-state index contributed by atoms with van der Waals surface area (Å²) >= 11 is 0. The molecular weight excluding hydrogens is 448 g/mol. The van der Waals surface area contributed by atoms with Crippen LogP contribution in [0.2, 0.25) is 0 Å². The van der Waals surface area contributed by atoms with E-state index in [0.29, 0.717) is 17.9 Å². The van der Waals surface area contributed by atoms with Crippen molar-refractivity contribution in [3.05, 3.63) is 54.1 Å². The maximum Gasteiger partial charge on any atom is 0.324 e. The monoisotopic (exact) mass is 476 g/mol. The molecule has 2 aromatic carbocycles. The number of benzene rings is 2. The molecule has 2 N–H and O–H groups in total. The summed E-state index contributed by atoms with van der Waals surface area (Å²) in [5.41, 5.74) is 0.834. The summed E-state index contributed by atoms with van der Waals surface area (Å²) in [4.78, 5) is 36.3. The number of nitrogens with one attached hydrogen (secondary N) is 2. The Morgan fingerprint density at radius 1 is 0.970 bits per heavy atom. The topological polar surface area (TPSA) is 128 Å². The van der Waals surface area contributed by atoms with Crippen LogP contribution in [0.1, 0.15) is 37.6 Å². The second kappa shape index (κ2) is 11.6. The Balaban J connectivity index is 2.01. The van der Waals surface area contributed by atoms with Gasteiger partial charge in [-0.1, -0.05) is 20.8 Å². The fourth-order valence-electron chi connectivity index (χ4n) is 2.75. The summed E-state index contributed by atoms with van der Waals surface area (Å²) in [6, 6.07) is 10.7. The maximum atomic E-state index is 12.7. The van der Waals surface area contributed by atoms with Gasteiger partial charge in [-0.3, -0.25) is 14.4 Å². The Hall–Kier alpha value is -3.24. The van der Waals surface area contributed by atoms with Crippen LogP contribution in [0.25, 0.3) is 0 Å². The second-order valence-electron chi connectivity index (χ2n) is 7.53. The van der Waals surface area contributed by atoms with E-state index in [2.05, 4.69) is 10.0 Å². The van der Waals surface area contributed by atoms with Crippen LogP contribution in [0.15, 0.2) is 53.4 Å². The van der Waals surface area contributed by atoms with Crippen molar-refractivity contribution in [3.8, 4) is 5.75 Å². The summed E-state index contributed by atoms with van der Waals surface area (Å²) in [5.74, 6) is -1.41. The molecule has 0 saturated heterocycles. The predicted molar refractivity (Wildman–Crippen MR) is 123 cm³/mol. The van der Waals surface area contributed by atoms with Crippen molar-refractivity contribution in [1.82, 2.24) is 4.72 Å². The maximum absolute atomic E-state index is 12.7. The van der Waals surface area contributed by atoms with Crippen LogP contribution in [0, 0.1) is 5.92 Å². The molecule has 0 bridgehead atoms. The molecule has 0 aliphatic rings. The molecule has 10 heteroatoms. The number of methoxy groups -OCH3 is 1. The number of carbonyl (C=O) groups excluding carboxylic acids is 3. The van der Waals surface area contributed by atoms with Crippen molar-refractivity contribution in [1.29, 1.82) is 0 Å². The van der Waals surface area contributed by atoms with E-state index in [1.54, 1.807) is 32.9 Å². The van der Waals surface area contributed by atoms with Crippen LogP contribution in [-0.2, 0) is 24.3 Å². The van der Waals surface area contributed by atoms with Crippen LogP contribution in [0.3, 0.4) is 0 Å². The molecule has 0 radical (unpaired) electrons. The Labute approximate surface area is 193 Å². The molecule has 1 amide bonds. The molecule has 0 aliphatic carbocycles. The van der Waals surface area contributed by atoms with Gasteiger partial charge in [0.2, 0.25) is 15.9 Å². The quantitative estimate of drug-likeness (QED) is 0.377. The first kappa shape index (κ1) is 26.0. The lowest BCUT2D eigenvalue weighted by atomic mass is 10.1. The molecular formula is C23H28N2O7S. The molecule has 1 atom stereocenters. The first-order chi connectivity index (χ1) is 15.6. The van der Waals surface area contributed by atoms with E-state index < -0.39 is 40.3 Å². The third-order valence-electron chi connectivity index (χ3n) is 4.73. The van der Waals surface area contributed by atoms with Gasteiger partial charge in [0.25, 0.3) is 0 Å². The molecule has 9 nitrogen and oxygen atoms in total. The van der Waals surface area contributed by atoms with Crippen molar-refractivity contribution in [2.75, 3.05) is 19.0 Å². The van der Waals surface area contributed by atoms with E-state index in [1.807, 2.05) is 0 Å². The lowest BCUT2D eigenvalue weighted by Crippen LogP contribution is -2.45. The highest BCUT2D eigenvalue weighted by molar-refractivity contribution is 7.89. The standard InChI is InChI=1S/C23H28N2O7S/c1-5-21(27)24-17-8-6-16(7-9-17)20(26)14-32-23(28)22(15(2)3)25-33(29,30)19-12-10-18(31-4)11-13-19/h6-13,15,22,25H,5,14H2,1-4H3,(H,24,27)/t22-/m0/s1. The largest absolute Gasteiger partial charge is 0.497 e. The number of hydrogen-bond donors (Lipinski definition) is 2. The molecule has 33 heavy (non-hydrogen) atoms. The third-order valence-corrected chi connectivity index (χ3v) is 6.19. The zero-order chi connectivity index (χ0) is 24.6. The minimum atomic E-state index is -4.01. The van der Waals surface area contributed by atoms with Gasteiger partial charge < -0.3 is 14.8 Å². The van der Waals surface area contributed by atoms with Crippen LogP contribution in [0.5, 0.6) is 5.75 Å². The number of esters is 1. The SMILES string of the molecule is CCC(=O)Nc1ccc(C(=O)COC(=O)[C@@H](NS(=O)(=O)c2ccc(OC)cc2)C(C)C)cc1. The zero-order valence-electron chi connectivity index (χ0n) is 19.0. The summed E-state index contributed by atoms with van der Waals surface area (Å²) in [6.45, 7) is 4.50. The van der Waals surface area contributed by atoms with Crippen molar-refractivity contribution in [2.24, 2.45) is 5.92 Å². The lowest BCUT2D eigenvalue weighted by molar-refractivity contribution is -0.145. The molecule has 2 aromatic rings. The number of carbonyl (C=O) groups is 3. The highest BCUT2D eigenvalue weighted by Gasteiger charge is 2.30. The van der Waals surface area contributed by atoms with Gasteiger partial charge in [-0.2, -0.15) is 4.72 Å². The van der Waals surface area contributed by atoms with Gasteiger partial charge in [0.1, 0.15) is 11.8 Å². The van der Waals surface area contributed by atoms with Gasteiger partial charge in [0.15, 0.2) is 12.4 Å². The molecule has 0 spiro atoms. The van der Waals surface area contributed by atoms with E-state index >= 15 is 0 Å². The minimum absolute atomic E-state index is 0.0342. The molecule has 0 aliphatic heterocycles. The Morgan fingerprint density at radius 2 is 1.58 bits per heavy atom. The Kier molecular flexibility index (Phi) is 9.12. The van der Waals surface area contributed by atoms with Crippen LogP contribution < -0.4 is 14.8 Å². The van der Waals surface area contributed by atoms with E-state index in [1.165, 1.54) is 43.5 Å². The van der Waals surface area contributed by atoms with Gasteiger partial charge in [-0.25, -0.2) is 8.42 Å². The van der Waals surface area contributed by atoms with Crippen molar-refractivity contribution in [2.45, 2.75) is 38.1 Å². The van der Waals surface area contributed by atoms with Crippen LogP contribution in [-0.4, -0.2) is 45.8 Å². The smallest absolute Gasteiger partial charge is 0.324 e. The number of Topliss-reactive ketones (excluding diaryl/α,β-unsaturated/α-hetero) is 1. The fourth-order valence-corrected chi connectivity index (χ4v) is 4.08. The summed E-state index contributed by atoms with van der Waals surface area (Å²) in [5, 5.41) is 2.67. The minimum Gasteiger partial charge on any atom is -0.497 e. The van der Waals surface area contributed by atoms with Crippen molar-refractivity contribution < 1.29 is 32.3 Å². The normalized spacial score (nSPS) is 12.2. The molecule has 0 saturated carbocycles. The molecule has 178 valence electrons. The predicted octanol–water partition coefficient (Wildman–Crippen LogP) is 2.77. The van der Waals surface area contributed by atoms with Crippen LogP contribution >= 0.6 is 0 Å². The fraction of sp³-hybridized carbons (Fsp3) is 0.348. The van der Waals surface area contributed by atoms with Gasteiger partial charge in [-0.05, 0) is 54.4 Å². The molecule has 0 fully saturated rings. The second-order valence-corrected chi connectivity index (χ2v) is 9.24. The number of rotatable bonds is 11. The van der Waals surface area contributed by atoms with E-state index in [0.717, 1.165) is 0 Å². The highest BCUT2D eigenvalue weighted by atomic mass is 32.2. The number of ether oxygens (including phenoxy) is 2. The molecule has 0 aromatic heterocycles. The zero-order valence-corrected chi connectivity index (χ0v) is 19.8. The van der Waals surface area contributed by atoms with E-state index in [-0.39, 0.29) is 16.4 Å². The first-order valence-electron chi connectivity index (χ1n) is 10.3. The average Bonchev–Trinajstić information content (AvgIpc) is 2.81. The average molecular weight is 477 g/mol. The van der Waals surface area contributed by atoms with Crippen LogP contribution in [0.4, 0.5) is 5.69 Å². The van der Waals surface area contributed by atoms with Gasteiger partial charge in [0.05, 0.1) is 12.0 Å². The van der Waals surface area contributed by atoms with Gasteiger partial charge >= 0.3 is 5.97 Å². The number of sulfonamides is 1. The number of ketones is 1.